The van der Waals surface area contributed by atoms with E-state index < -0.39 is 36.9 Å². The Bertz CT molecular complexity index is 828. The van der Waals surface area contributed by atoms with Crippen LogP contribution in [0.15, 0.2) is 36.5 Å². The van der Waals surface area contributed by atoms with Crippen LogP contribution >= 0.6 is 0 Å². The molecule has 0 bridgehead atoms. The summed E-state index contributed by atoms with van der Waals surface area (Å²) in [4.78, 5) is 12.5. The molecule has 1 amide bonds. The van der Waals surface area contributed by atoms with Gasteiger partial charge in [-0.2, -0.15) is 0 Å². The SMILES string of the molecule is CCCCC/C=C/CC/C=C/CC/C=C/CCCC(O)C(O)C(CO)NC(=O)C(O)CCCCCCCCCCCCCCCCCCCCCC. The molecule has 0 aliphatic heterocycles. The zero-order valence-electron chi connectivity index (χ0n) is 34.3. The summed E-state index contributed by atoms with van der Waals surface area (Å²) >= 11 is 0. The van der Waals surface area contributed by atoms with Crippen molar-refractivity contribution in [2.75, 3.05) is 6.61 Å². The van der Waals surface area contributed by atoms with Crippen LogP contribution in [0.3, 0.4) is 0 Å². The van der Waals surface area contributed by atoms with Crippen LogP contribution < -0.4 is 5.32 Å². The number of rotatable bonds is 40. The number of aliphatic hydroxyl groups excluding tert-OH is 4. The molecule has 4 atom stereocenters. The Morgan fingerprint density at radius 1 is 0.462 bits per heavy atom. The van der Waals surface area contributed by atoms with Gasteiger partial charge in [0, 0.05) is 0 Å². The van der Waals surface area contributed by atoms with Gasteiger partial charge < -0.3 is 25.7 Å². The highest BCUT2D eigenvalue weighted by Crippen LogP contribution is 2.16. The van der Waals surface area contributed by atoms with Crippen LogP contribution in [0.5, 0.6) is 0 Å². The maximum Gasteiger partial charge on any atom is 0.249 e. The first-order valence-electron chi connectivity index (χ1n) is 22.4. The van der Waals surface area contributed by atoms with E-state index in [1.807, 2.05) is 0 Å². The molecule has 52 heavy (non-hydrogen) atoms. The Kier molecular flexibility index (Phi) is 39.6. The van der Waals surface area contributed by atoms with E-state index in [1.54, 1.807) is 0 Å². The van der Waals surface area contributed by atoms with E-state index in [2.05, 4.69) is 55.6 Å². The Labute approximate surface area is 322 Å². The number of allylic oxidation sites excluding steroid dienone is 6. The molecule has 0 radical (unpaired) electrons. The normalized spacial score (nSPS) is 14.5. The molecule has 0 saturated carbocycles. The van der Waals surface area contributed by atoms with Gasteiger partial charge in [0.1, 0.15) is 12.2 Å². The predicted molar refractivity (Wildman–Crippen MR) is 224 cm³/mol. The zero-order chi connectivity index (χ0) is 38.2. The quantitative estimate of drug-likeness (QED) is 0.0318. The number of carbonyl (C=O) groups is 1. The molecule has 0 aliphatic rings. The molecule has 0 aliphatic carbocycles. The molecule has 0 saturated heterocycles. The Hall–Kier alpha value is -1.47. The highest BCUT2D eigenvalue weighted by atomic mass is 16.3. The van der Waals surface area contributed by atoms with E-state index in [1.165, 1.54) is 135 Å². The van der Waals surface area contributed by atoms with Crippen LogP contribution in [-0.4, -0.2) is 57.3 Å². The third kappa shape index (κ3) is 34.3. The first-order chi connectivity index (χ1) is 25.5. The molecule has 4 unspecified atom stereocenters. The van der Waals surface area contributed by atoms with Crippen LogP contribution in [0.25, 0.3) is 0 Å². The highest BCUT2D eigenvalue weighted by molar-refractivity contribution is 5.80. The fourth-order valence-electron chi connectivity index (χ4n) is 6.73. The zero-order valence-corrected chi connectivity index (χ0v) is 34.3. The second kappa shape index (κ2) is 40.7. The summed E-state index contributed by atoms with van der Waals surface area (Å²) < 4.78 is 0. The maximum absolute atomic E-state index is 12.5. The molecule has 0 aromatic rings. The second-order valence-electron chi connectivity index (χ2n) is 15.4. The van der Waals surface area contributed by atoms with E-state index in [0.29, 0.717) is 19.3 Å². The lowest BCUT2D eigenvalue weighted by atomic mass is 10.00. The summed E-state index contributed by atoms with van der Waals surface area (Å²) in [6, 6.07) is -1.01. The minimum atomic E-state index is -1.29. The summed E-state index contributed by atoms with van der Waals surface area (Å²) in [6.45, 7) is 4.01. The fourth-order valence-corrected chi connectivity index (χ4v) is 6.73. The van der Waals surface area contributed by atoms with E-state index in [0.717, 1.165) is 51.4 Å². The molecule has 0 rings (SSSR count). The molecule has 306 valence electrons. The molecule has 0 fully saturated rings. The van der Waals surface area contributed by atoms with Crippen LogP contribution in [0, 0.1) is 0 Å². The third-order valence-corrected chi connectivity index (χ3v) is 10.3. The highest BCUT2D eigenvalue weighted by Gasteiger charge is 2.28. The number of hydrogen-bond donors (Lipinski definition) is 5. The minimum Gasteiger partial charge on any atom is -0.394 e. The van der Waals surface area contributed by atoms with Crippen LogP contribution in [0.2, 0.25) is 0 Å². The number of unbranched alkanes of at least 4 members (excludes halogenated alkanes) is 25. The van der Waals surface area contributed by atoms with Gasteiger partial charge in [0.05, 0.1) is 18.8 Å². The van der Waals surface area contributed by atoms with Gasteiger partial charge in [-0.3, -0.25) is 4.79 Å². The molecule has 0 aromatic carbocycles. The van der Waals surface area contributed by atoms with Crippen molar-refractivity contribution in [3.63, 3.8) is 0 Å². The average molecular weight is 734 g/mol. The molecule has 0 heterocycles. The maximum atomic E-state index is 12.5. The minimum absolute atomic E-state index is 0.361. The van der Waals surface area contributed by atoms with Crippen LogP contribution in [0.4, 0.5) is 0 Å². The molecule has 0 aromatic heterocycles. The number of hydrogen-bond acceptors (Lipinski definition) is 5. The van der Waals surface area contributed by atoms with Crippen molar-refractivity contribution in [3.05, 3.63) is 36.5 Å². The summed E-state index contributed by atoms with van der Waals surface area (Å²) in [5.74, 6) is -0.598. The van der Waals surface area contributed by atoms with Crippen molar-refractivity contribution in [2.45, 2.75) is 244 Å². The van der Waals surface area contributed by atoms with Crippen molar-refractivity contribution >= 4 is 5.91 Å². The topological polar surface area (TPSA) is 110 Å². The summed E-state index contributed by atoms with van der Waals surface area (Å²) in [6.07, 6.45) is 47.4. The lowest BCUT2D eigenvalue weighted by Crippen LogP contribution is -2.53. The van der Waals surface area contributed by atoms with Crippen molar-refractivity contribution in [1.82, 2.24) is 5.32 Å². The van der Waals surface area contributed by atoms with E-state index in [4.69, 9.17) is 0 Å². The van der Waals surface area contributed by atoms with Gasteiger partial charge in [-0.25, -0.2) is 0 Å². The van der Waals surface area contributed by atoms with E-state index in [-0.39, 0.29) is 0 Å². The van der Waals surface area contributed by atoms with Crippen molar-refractivity contribution in [2.24, 2.45) is 0 Å². The molecule has 6 heteroatoms. The van der Waals surface area contributed by atoms with Gasteiger partial charge in [-0.05, 0) is 64.2 Å². The van der Waals surface area contributed by atoms with Crippen molar-refractivity contribution in [3.8, 4) is 0 Å². The average Bonchev–Trinajstić information content (AvgIpc) is 3.15. The van der Waals surface area contributed by atoms with Gasteiger partial charge in [-0.1, -0.05) is 192 Å². The fraction of sp³-hybridized carbons (Fsp3) is 0.848. The standard InChI is InChI=1S/C46H87NO5/c1-3-5-7-9-11-13-15-17-19-21-22-23-24-26-28-30-32-34-36-38-40-44(50)46(52)47-42(41-48)45(51)43(49)39-37-35-33-31-29-27-25-20-18-16-14-12-10-8-6-4-2/h12,14,20,25,31,33,42-45,48-51H,3-11,13,15-19,21-24,26-30,32,34-41H2,1-2H3,(H,47,52)/b14-12+,25-20+,33-31+. The number of amides is 1. The number of aliphatic hydroxyl groups is 4. The number of nitrogens with one attached hydrogen (secondary N) is 1. The lowest BCUT2D eigenvalue weighted by Gasteiger charge is -2.27. The third-order valence-electron chi connectivity index (χ3n) is 10.3. The van der Waals surface area contributed by atoms with Crippen molar-refractivity contribution < 1.29 is 25.2 Å². The summed E-state index contributed by atoms with van der Waals surface area (Å²) in [5, 5.41) is 43.6. The Morgan fingerprint density at radius 2 is 0.808 bits per heavy atom. The van der Waals surface area contributed by atoms with Gasteiger partial charge in [0.15, 0.2) is 0 Å². The van der Waals surface area contributed by atoms with Crippen molar-refractivity contribution in [1.29, 1.82) is 0 Å². The summed E-state index contributed by atoms with van der Waals surface area (Å²) in [5.41, 5.74) is 0. The molecule has 0 spiro atoms. The van der Waals surface area contributed by atoms with Gasteiger partial charge in [-0.15, -0.1) is 0 Å². The summed E-state index contributed by atoms with van der Waals surface area (Å²) in [7, 11) is 0. The van der Waals surface area contributed by atoms with E-state index in [9.17, 15) is 25.2 Å². The molecular weight excluding hydrogens is 647 g/mol. The predicted octanol–water partition coefficient (Wildman–Crippen LogP) is 11.7. The van der Waals surface area contributed by atoms with Gasteiger partial charge in [0.2, 0.25) is 5.91 Å². The lowest BCUT2D eigenvalue weighted by molar-refractivity contribution is -0.132. The Balaban J connectivity index is 3.78. The first-order valence-corrected chi connectivity index (χ1v) is 22.4. The smallest absolute Gasteiger partial charge is 0.249 e. The van der Waals surface area contributed by atoms with Gasteiger partial charge in [0.25, 0.3) is 0 Å². The van der Waals surface area contributed by atoms with Crippen LogP contribution in [0.1, 0.15) is 219 Å². The monoisotopic (exact) mass is 734 g/mol. The molecular formula is C46H87NO5. The largest absolute Gasteiger partial charge is 0.394 e. The number of carbonyl (C=O) groups excluding carboxylic acids is 1. The molecule has 5 N–H and O–H groups in total. The Morgan fingerprint density at radius 3 is 1.21 bits per heavy atom. The second-order valence-corrected chi connectivity index (χ2v) is 15.4. The van der Waals surface area contributed by atoms with Gasteiger partial charge >= 0.3 is 0 Å². The van der Waals surface area contributed by atoms with Crippen LogP contribution in [-0.2, 0) is 4.79 Å². The first kappa shape index (κ1) is 50.5. The molecule has 6 nitrogen and oxygen atoms in total. The van der Waals surface area contributed by atoms with E-state index >= 15 is 0 Å².